The van der Waals surface area contributed by atoms with Crippen molar-refractivity contribution in [3.8, 4) is 11.5 Å². The van der Waals surface area contributed by atoms with E-state index >= 15 is 0 Å². The Kier molecular flexibility index (Phi) is 4.62. The van der Waals surface area contributed by atoms with Crippen LogP contribution in [0.25, 0.3) is 0 Å². The SMILES string of the molecule is CCN1C[C@@H](O)[C@H](Oc2ccc(C(C)=O)cc2OC)C1. The summed E-state index contributed by atoms with van der Waals surface area (Å²) in [5.74, 6) is 1.05. The van der Waals surface area contributed by atoms with E-state index in [1.165, 1.54) is 14.0 Å². The van der Waals surface area contributed by atoms with Crippen LogP contribution in [0.15, 0.2) is 18.2 Å². The normalized spacial score (nSPS) is 22.8. The summed E-state index contributed by atoms with van der Waals surface area (Å²) in [6.07, 6.45) is -0.779. The summed E-state index contributed by atoms with van der Waals surface area (Å²) >= 11 is 0. The number of likely N-dealkylation sites (N-methyl/N-ethyl adjacent to an activating group) is 1. The van der Waals surface area contributed by atoms with Crippen molar-refractivity contribution in [2.75, 3.05) is 26.7 Å². The highest BCUT2D eigenvalue weighted by Crippen LogP contribution is 2.30. The number of hydrogen-bond acceptors (Lipinski definition) is 5. The Balaban J connectivity index is 2.15. The van der Waals surface area contributed by atoms with Gasteiger partial charge >= 0.3 is 0 Å². The fourth-order valence-electron chi connectivity index (χ4n) is 2.35. The summed E-state index contributed by atoms with van der Waals surface area (Å²) < 4.78 is 11.1. The molecule has 0 unspecified atom stereocenters. The fourth-order valence-corrected chi connectivity index (χ4v) is 2.35. The molecule has 2 rings (SSSR count). The predicted octanol–water partition coefficient (Wildman–Crippen LogP) is 1.34. The van der Waals surface area contributed by atoms with Gasteiger partial charge in [0.25, 0.3) is 0 Å². The zero-order valence-corrected chi connectivity index (χ0v) is 12.1. The minimum atomic E-state index is -0.507. The van der Waals surface area contributed by atoms with E-state index in [-0.39, 0.29) is 11.9 Å². The van der Waals surface area contributed by atoms with Crippen LogP contribution in [0.3, 0.4) is 0 Å². The smallest absolute Gasteiger partial charge is 0.161 e. The van der Waals surface area contributed by atoms with Gasteiger partial charge in [0.05, 0.1) is 7.11 Å². The first kappa shape index (κ1) is 14.8. The van der Waals surface area contributed by atoms with E-state index in [2.05, 4.69) is 11.8 Å². The number of carbonyl (C=O) groups is 1. The lowest BCUT2D eigenvalue weighted by Crippen LogP contribution is -2.30. The molecule has 5 nitrogen and oxygen atoms in total. The van der Waals surface area contributed by atoms with E-state index in [0.717, 1.165) is 6.54 Å². The number of nitrogens with zero attached hydrogens (tertiary/aromatic N) is 1. The van der Waals surface area contributed by atoms with Gasteiger partial charge in [-0.2, -0.15) is 0 Å². The van der Waals surface area contributed by atoms with Crippen molar-refractivity contribution in [3.63, 3.8) is 0 Å². The van der Waals surface area contributed by atoms with Crippen molar-refractivity contribution in [2.24, 2.45) is 0 Å². The van der Waals surface area contributed by atoms with E-state index in [1.54, 1.807) is 18.2 Å². The summed E-state index contributed by atoms with van der Waals surface area (Å²) in [7, 11) is 1.54. The summed E-state index contributed by atoms with van der Waals surface area (Å²) in [6, 6.07) is 5.09. The molecule has 0 saturated carbocycles. The molecule has 0 aromatic heterocycles. The second kappa shape index (κ2) is 6.24. The third-order valence-electron chi connectivity index (χ3n) is 3.61. The monoisotopic (exact) mass is 279 g/mol. The van der Waals surface area contributed by atoms with Crippen molar-refractivity contribution in [1.82, 2.24) is 4.90 Å². The van der Waals surface area contributed by atoms with Gasteiger partial charge in [0.1, 0.15) is 12.2 Å². The van der Waals surface area contributed by atoms with Crippen LogP contribution in [-0.4, -0.2) is 54.7 Å². The van der Waals surface area contributed by atoms with Crippen molar-refractivity contribution < 1.29 is 19.4 Å². The van der Waals surface area contributed by atoms with E-state index in [0.29, 0.717) is 30.2 Å². The zero-order chi connectivity index (χ0) is 14.7. The number of likely N-dealkylation sites (tertiary alicyclic amines) is 1. The van der Waals surface area contributed by atoms with Gasteiger partial charge < -0.3 is 14.6 Å². The van der Waals surface area contributed by atoms with Crippen LogP contribution in [0, 0.1) is 0 Å². The van der Waals surface area contributed by atoms with Crippen LogP contribution in [0.1, 0.15) is 24.2 Å². The zero-order valence-electron chi connectivity index (χ0n) is 12.1. The lowest BCUT2D eigenvalue weighted by molar-refractivity contribution is 0.0717. The minimum Gasteiger partial charge on any atom is -0.493 e. The fraction of sp³-hybridized carbons (Fsp3) is 0.533. The number of benzene rings is 1. The number of β-amino-alcohol motifs (C(OH)–C–C–N with tert-alkyl or cyclic N) is 1. The van der Waals surface area contributed by atoms with Gasteiger partial charge in [-0.25, -0.2) is 0 Å². The van der Waals surface area contributed by atoms with Crippen LogP contribution < -0.4 is 9.47 Å². The second-order valence-electron chi connectivity index (χ2n) is 5.00. The van der Waals surface area contributed by atoms with Gasteiger partial charge in [-0.05, 0) is 31.7 Å². The lowest BCUT2D eigenvalue weighted by atomic mass is 10.1. The van der Waals surface area contributed by atoms with Crippen LogP contribution in [0.2, 0.25) is 0 Å². The summed E-state index contributed by atoms with van der Waals surface area (Å²) in [4.78, 5) is 13.5. The maximum atomic E-state index is 11.4. The first-order valence-corrected chi connectivity index (χ1v) is 6.81. The molecule has 1 N–H and O–H groups in total. The highest BCUT2D eigenvalue weighted by atomic mass is 16.5. The lowest BCUT2D eigenvalue weighted by Gasteiger charge is -2.19. The Bertz CT molecular complexity index is 489. The molecule has 0 bridgehead atoms. The predicted molar refractivity (Wildman–Crippen MR) is 75.5 cm³/mol. The average molecular weight is 279 g/mol. The van der Waals surface area contributed by atoms with Crippen LogP contribution in [0.5, 0.6) is 11.5 Å². The number of hydrogen-bond donors (Lipinski definition) is 1. The average Bonchev–Trinajstić information content (AvgIpc) is 2.79. The minimum absolute atomic E-state index is 0.0205. The quantitative estimate of drug-likeness (QED) is 0.824. The molecule has 0 aliphatic carbocycles. The number of aliphatic hydroxyl groups excluding tert-OH is 1. The molecule has 0 amide bonds. The Hall–Kier alpha value is -1.59. The topological polar surface area (TPSA) is 59.0 Å². The number of methoxy groups -OCH3 is 1. The van der Waals surface area contributed by atoms with E-state index < -0.39 is 6.10 Å². The van der Waals surface area contributed by atoms with E-state index in [1.807, 2.05) is 0 Å². The summed E-state index contributed by atoms with van der Waals surface area (Å²) in [5.41, 5.74) is 0.580. The number of rotatable bonds is 5. The van der Waals surface area contributed by atoms with E-state index in [9.17, 15) is 9.90 Å². The Labute approximate surface area is 119 Å². The molecule has 1 saturated heterocycles. The van der Waals surface area contributed by atoms with E-state index in [4.69, 9.17) is 9.47 Å². The Morgan fingerprint density at radius 1 is 1.40 bits per heavy atom. The third-order valence-corrected chi connectivity index (χ3v) is 3.61. The third kappa shape index (κ3) is 3.11. The van der Waals surface area contributed by atoms with Gasteiger partial charge in [-0.3, -0.25) is 9.69 Å². The molecule has 1 heterocycles. The van der Waals surface area contributed by atoms with Gasteiger partial charge in [0, 0.05) is 18.7 Å². The molecule has 1 fully saturated rings. The van der Waals surface area contributed by atoms with Gasteiger partial charge in [-0.1, -0.05) is 6.92 Å². The molecule has 1 aromatic carbocycles. The number of ketones is 1. The molecule has 20 heavy (non-hydrogen) atoms. The molecule has 110 valence electrons. The summed E-state index contributed by atoms with van der Waals surface area (Å²) in [5, 5.41) is 10.00. The van der Waals surface area contributed by atoms with Crippen molar-refractivity contribution >= 4 is 5.78 Å². The number of ether oxygens (including phenoxy) is 2. The van der Waals surface area contributed by atoms with Crippen LogP contribution in [-0.2, 0) is 0 Å². The van der Waals surface area contributed by atoms with Crippen molar-refractivity contribution in [3.05, 3.63) is 23.8 Å². The standard InChI is InChI=1S/C15H21NO4/c1-4-16-8-12(18)15(9-16)20-13-6-5-11(10(2)17)7-14(13)19-3/h5-7,12,15,18H,4,8-9H2,1-3H3/t12-,15-/m1/s1. The highest BCUT2D eigenvalue weighted by Gasteiger charge is 2.32. The molecule has 1 aromatic rings. The second-order valence-corrected chi connectivity index (χ2v) is 5.00. The number of Topliss-reactive ketones (excluding diaryl/α,β-unsaturated/α-hetero) is 1. The van der Waals surface area contributed by atoms with Crippen LogP contribution >= 0.6 is 0 Å². The number of carbonyl (C=O) groups excluding carboxylic acids is 1. The maximum Gasteiger partial charge on any atom is 0.161 e. The molecule has 1 aliphatic rings. The van der Waals surface area contributed by atoms with Crippen molar-refractivity contribution in [2.45, 2.75) is 26.1 Å². The first-order chi connectivity index (χ1) is 9.55. The highest BCUT2D eigenvalue weighted by molar-refractivity contribution is 5.94. The molecule has 0 radical (unpaired) electrons. The molecule has 0 spiro atoms. The molecule has 1 aliphatic heterocycles. The largest absolute Gasteiger partial charge is 0.493 e. The first-order valence-electron chi connectivity index (χ1n) is 6.81. The molecular weight excluding hydrogens is 258 g/mol. The van der Waals surface area contributed by atoms with Gasteiger partial charge in [-0.15, -0.1) is 0 Å². The van der Waals surface area contributed by atoms with Gasteiger partial charge in [0.2, 0.25) is 0 Å². The van der Waals surface area contributed by atoms with Crippen LogP contribution in [0.4, 0.5) is 0 Å². The molecular formula is C15H21NO4. The van der Waals surface area contributed by atoms with Gasteiger partial charge in [0.15, 0.2) is 17.3 Å². The maximum absolute atomic E-state index is 11.4. The summed E-state index contributed by atoms with van der Waals surface area (Å²) in [6.45, 7) is 5.76. The Morgan fingerprint density at radius 3 is 2.70 bits per heavy atom. The molecule has 5 heteroatoms. The number of aliphatic hydroxyl groups is 1. The van der Waals surface area contributed by atoms with Crippen molar-refractivity contribution in [1.29, 1.82) is 0 Å². The molecule has 2 atom stereocenters. The Morgan fingerprint density at radius 2 is 2.15 bits per heavy atom.